The van der Waals surface area contributed by atoms with E-state index < -0.39 is 6.09 Å². The lowest BCUT2D eigenvalue weighted by Gasteiger charge is -2.46. The molecule has 0 aromatic rings. The normalized spacial score (nSPS) is 19.4. The lowest BCUT2D eigenvalue weighted by atomic mass is 9.84. The van der Waals surface area contributed by atoms with Crippen LogP contribution in [0.4, 0.5) is 4.79 Å². The van der Waals surface area contributed by atoms with E-state index in [9.17, 15) is 9.90 Å². The topological polar surface area (TPSA) is 43.8 Å². The number of nitrogens with zero attached hydrogens (tertiary/aromatic N) is 2. The van der Waals surface area contributed by atoms with Crippen LogP contribution in [-0.4, -0.2) is 53.2 Å². The van der Waals surface area contributed by atoms with E-state index >= 15 is 0 Å². The summed E-state index contributed by atoms with van der Waals surface area (Å²) in [4.78, 5) is 15.6. The Morgan fingerprint density at radius 2 is 1.44 bits per heavy atom. The van der Waals surface area contributed by atoms with Gasteiger partial charge in [0.05, 0.1) is 6.04 Å². The minimum atomic E-state index is -0.765. The molecule has 1 amide bonds. The van der Waals surface area contributed by atoms with Crippen LogP contribution in [0.15, 0.2) is 0 Å². The van der Waals surface area contributed by atoms with Crippen molar-refractivity contribution in [2.45, 2.75) is 97.9 Å². The minimum absolute atomic E-state index is 0.00512. The van der Waals surface area contributed by atoms with E-state index in [2.05, 4.69) is 32.6 Å². The zero-order valence-electron chi connectivity index (χ0n) is 17.2. The standard InChI is InChI=1S/C21H42N2O2/c1-5-6-7-8-9-10-11-12-13-14-15-22-16-17-23(20(24)25)19(18-22)21(2,3)4/h19H,5-18H2,1-4H3,(H,24,25). The SMILES string of the molecule is CCCCCCCCCCCCN1CCN(C(=O)O)C(C(C)(C)C)C1. The third kappa shape index (κ3) is 8.94. The highest BCUT2D eigenvalue weighted by molar-refractivity contribution is 5.65. The zero-order valence-corrected chi connectivity index (χ0v) is 17.2. The van der Waals surface area contributed by atoms with Gasteiger partial charge < -0.3 is 10.0 Å². The van der Waals surface area contributed by atoms with Gasteiger partial charge in [-0.25, -0.2) is 4.79 Å². The van der Waals surface area contributed by atoms with Crippen molar-refractivity contribution in [3.05, 3.63) is 0 Å². The molecule has 4 heteroatoms. The molecule has 0 aromatic heterocycles. The summed E-state index contributed by atoms with van der Waals surface area (Å²) in [6, 6.07) is 0.0990. The zero-order chi connectivity index (χ0) is 18.7. The van der Waals surface area contributed by atoms with Crippen molar-refractivity contribution >= 4 is 6.09 Å². The number of piperazine rings is 1. The van der Waals surface area contributed by atoms with E-state index in [4.69, 9.17) is 0 Å². The van der Waals surface area contributed by atoms with Crippen LogP contribution in [0.3, 0.4) is 0 Å². The van der Waals surface area contributed by atoms with Crippen LogP contribution in [0.5, 0.6) is 0 Å². The summed E-state index contributed by atoms with van der Waals surface area (Å²) in [5.41, 5.74) is -0.00512. The molecule has 1 heterocycles. The van der Waals surface area contributed by atoms with Crippen molar-refractivity contribution in [2.24, 2.45) is 5.41 Å². The third-order valence-electron chi connectivity index (χ3n) is 5.54. The molecule has 148 valence electrons. The Hall–Kier alpha value is -0.770. The summed E-state index contributed by atoms with van der Waals surface area (Å²) in [7, 11) is 0. The second-order valence-electron chi connectivity index (χ2n) is 8.84. The predicted octanol–water partition coefficient (Wildman–Crippen LogP) is 5.62. The lowest BCUT2D eigenvalue weighted by molar-refractivity contribution is 0.0212. The molecule has 1 saturated heterocycles. The monoisotopic (exact) mass is 354 g/mol. The second kappa shape index (κ2) is 11.8. The molecular weight excluding hydrogens is 312 g/mol. The summed E-state index contributed by atoms with van der Waals surface area (Å²) in [6.07, 6.45) is 12.9. The fourth-order valence-electron chi connectivity index (χ4n) is 3.84. The van der Waals surface area contributed by atoms with Gasteiger partial charge in [-0.15, -0.1) is 0 Å². The largest absolute Gasteiger partial charge is 0.465 e. The molecule has 1 unspecified atom stereocenters. The summed E-state index contributed by atoms with van der Waals surface area (Å²) >= 11 is 0. The molecule has 0 radical (unpaired) electrons. The second-order valence-corrected chi connectivity index (χ2v) is 8.84. The number of carboxylic acid groups (broad SMARTS) is 1. The Morgan fingerprint density at radius 3 is 1.92 bits per heavy atom. The molecular formula is C21H42N2O2. The van der Waals surface area contributed by atoms with Crippen LogP contribution in [0, 0.1) is 5.41 Å². The molecule has 1 fully saturated rings. The number of unbranched alkanes of at least 4 members (excludes halogenated alkanes) is 9. The van der Waals surface area contributed by atoms with E-state index in [1.165, 1.54) is 64.2 Å². The Kier molecular flexibility index (Phi) is 10.5. The summed E-state index contributed by atoms with van der Waals surface area (Å²) in [5, 5.41) is 9.43. The number of hydrogen-bond acceptors (Lipinski definition) is 2. The van der Waals surface area contributed by atoms with Crippen molar-refractivity contribution in [1.29, 1.82) is 0 Å². The first kappa shape index (κ1) is 22.3. The van der Waals surface area contributed by atoms with Gasteiger partial charge in [-0.3, -0.25) is 4.90 Å². The Bertz CT molecular complexity index is 365. The highest BCUT2D eigenvalue weighted by atomic mass is 16.4. The van der Waals surface area contributed by atoms with Crippen LogP contribution in [0.2, 0.25) is 0 Å². The van der Waals surface area contributed by atoms with Crippen molar-refractivity contribution in [2.75, 3.05) is 26.2 Å². The Labute approximate surface area is 156 Å². The molecule has 0 bridgehead atoms. The number of carbonyl (C=O) groups is 1. The Balaban J connectivity index is 2.14. The molecule has 25 heavy (non-hydrogen) atoms. The van der Waals surface area contributed by atoms with Crippen LogP contribution in [0.1, 0.15) is 91.9 Å². The maximum absolute atomic E-state index is 11.5. The molecule has 1 aliphatic rings. The third-order valence-corrected chi connectivity index (χ3v) is 5.54. The average molecular weight is 355 g/mol. The highest BCUT2D eigenvalue weighted by Crippen LogP contribution is 2.28. The van der Waals surface area contributed by atoms with Crippen molar-refractivity contribution in [3.63, 3.8) is 0 Å². The van der Waals surface area contributed by atoms with Gasteiger partial charge in [0.25, 0.3) is 0 Å². The summed E-state index contributed by atoms with van der Waals surface area (Å²) in [6.45, 7) is 12.3. The van der Waals surface area contributed by atoms with Gasteiger partial charge >= 0.3 is 6.09 Å². The van der Waals surface area contributed by atoms with Crippen LogP contribution >= 0.6 is 0 Å². The first-order valence-electron chi connectivity index (χ1n) is 10.6. The van der Waals surface area contributed by atoms with E-state index in [-0.39, 0.29) is 11.5 Å². The molecule has 0 aromatic carbocycles. The van der Waals surface area contributed by atoms with Gasteiger partial charge in [0.15, 0.2) is 0 Å². The predicted molar refractivity (Wildman–Crippen MR) is 106 cm³/mol. The smallest absolute Gasteiger partial charge is 0.407 e. The maximum atomic E-state index is 11.5. The fraction of sp³-hybridized carbons (Fsp3) is 0.952. The Morgan fingerprint density at radius 1 is 0.920 bits per heavy atom. The van der Waals surface area contributed by atoms with Crippen LogP contribution in [-0.2, 0) is 0 Å². The van der Waals surface area contributed by atoms with Gasteiger partial charge in [0, 0.05) is 19.6 Å². The van der Waals surface area contributed by atoms with Crippen LogP contribution < -0.4 is 0 Å². The van der Waals surface area contributed by atoms with Crippen molar-refractivity contribution in [3.8, 4) is 0 Å². The van der Waals surface area contributed by atoms with Crippen molar-refractivity contribution < 1.29 is 9.90 Å². The molecule has 4 nitrogen and oxygen atoms in total. The van der Waals surface area contributed by atoms with Gasteiger partial charge in [-0.2, -0.15) is 0 Å². The fourth-order valence-corrected chi connectivity index (χ4v) is 3.84. The van der Waals surface area contributed by atoms with E-state index in [1.807, 2.05) is 0 Å². The maximum Gasteiger partial charge on any atom is 0.407 e. The molecule has 0 saturated carbocycles. The minimum Gasteiger partial charge on any atom is -0.465 e. The quantitative estimate of drug-likeness (QED) is 0.490. The van der Waals surface area contributed by atoms with E-state index in [0.717, 1.165) is 19.6 Å². The molecule has 0 spiro atoms. The number of rotatable bonds is 11. The molecule has 1 aliphatic heterocycles. The number of amides is 1. The summed E-state index contributed by atoms with van der Waals surface area (Å²) < 4.78 is 0. The molecule has 0 aliphatic carbocycles. The van der Waals surface area contributed by atoms with Gasteiger partial charge in [-0.1, -0.05) is 85.5 Å². The lowest BCUT2D eigenvalue weighted by Crippen LogP contribution is -2.59. The molecule has 1 atom stereocenters. The van der Waals surface area contributed by atoms with Gasteiger partial charge in [-0.05, 0) is 18.4 Å². The summed E-state index contributed by atoms with van der Waals surface area (Å²) in [5.74, 6) is 0. The van der Waals surface area contributed by atoms with Crippen molar-refractivity contribution in [1.82, 2.24) is 9.80 Å². The van der Waals surface area contributed by atoms with E-state index in [0.29, 0.717) is 6.54 Å². The van der Waals surface area contributed by atoms with E-state index in [1.54, 1.807) is 4.90 Å². The molecule has 1 N–H and O–H groups in total. The van der Waals surface area contributed by atoms with Gasteiger partial charge in [0.2, 0.25) is 0 Å². The average Bonchev–Trinajstić information content (AvgIpc) is 2.55. The van der Waals surface area contributed by atoms with Crippen LogP contribution in [0.25, 0.3) is 0 Å². The highest BCUT2D eigenvalue weighted by Gasteiger charge is 2.37. The first-order valence-corrected chi connectivity index (χ1v) is 10.6. The molecule has 1 rings (SSSR count). The van der Waals surface area contributed by atoms with Gasteiger partial charge in [0.1, 0.15) is 0 Å². The first-order chi connectivity index (χ1) is 11.9. The number of hydrogen-bond donors (Lipinski definition) is 1.